The zero-order valence-electron chi connectivity index (χ0n) is 11.4. The molecule has 4 heteroatoms. The Kier molecular flexibility index (Phi) is 5.37. The predicted molar refractivity (Wildman–Crippen MR) is 77.6 cm³/mol. The zero-order chi connectivity index (χ0) is 13.0. The second kappa shape index (κ2) is 6.80. The number of hydrogen-bond acceptors (Lipinski definition) is 3. The monoisotopic (exact) mass is 270 g/mol. The summed E-state index contributed by atoms with van der Waals surface area (Å²) < 4.78 is 0. The van der Waals surface area contributed by atoms with Gasteiger partial charge in [0.05, 0.1) is 5.92 Å². The van der Waals surface area contributed by atoms with Gasteiger partial charge in [-0.2, -0.15) is 11.8 Å². The molecule has 0 heterocycles. The SMILES string of the molecule is CSC1CCC(NC(=O)C2CCCCCC2N)C1. The molecule has 2 saturated carbocycles. The van der Waals surface area contributed by atoms with Crippen molar-refractivity contribution in [2.45, 2.75) is 68.7 Å². The van der Waals surface area contributed by atoms with E-state index in [1.807, 2.05) is 11.8 Å². The molecule has 2 aliphatic carbocycles. The highest BCUT2D eigenvalue weighted by molar-refractivity contribution is 7.99. The average molecular weight is 270 g/mol. The second-order valence-electron chi connectivity index (χ2n) is 5.78. The van der Waals surface area contributed by atoms with Gasteiger partial charge >= 0.3 is 0 Å². The summed E-state index contributed by atoms with van der Waals surface area (Å²) in [6.45, 7) is 0. The van der Waals surface area contributed by atoms with Crippen LogP contribution >= 0.6 is 11.8 Å². The van der Waals surface area contributed by atoms with E-state index in [0.29, 0.717) is 6.04 Å². The van der Waals surface area contributed by atoms with Gasteiger partial charge < -0.3 is 11.1 Å². The van der Waals surface area contributed by atoms with Crippen LogP contribution in [0.25, 0.3) is 0 Å². The van der Waals surface area contributed by atoms with Crippen LogP contribution in [0.1, 0.15) is 51.4 Å². The summed E-state index contributed by atoms with van der Waals surface area (Å²) in [5.74, 6) is 0.275. The fourth-order valence-corrected chi connectivity index (χ4v) is 4.05. The minimum atomic E-state index is 0.0563. The van der Waals surface area contributed by atoms with E-state index in [1.165, 1.54) is 19.3 Å². The molecule has 0 aliphatic heterocycles. The Balaban J connectivity index is 1.83. The van der Waals surface area contributed by atoms with E-state index in [4.69, 9.17) is 5.73 Å². The number of carbonyl (C=O) groups excluding carboxylic acids is 1. The third-order valence-corrected chi connectivity index (χ3v) is 5.57. The van der Waals surface area contributed by atoms with Crippen LogP contribution in [-0.2, 0) is 4.79 Å². The molecular weight excluding hydrogens is 244 g/mol. The molecule has 1 amide bonds. The predicted octanol–water partition coefficient (Wildman–Crippen LogP) is 2.29. The third-order valence-electron chi connectivity index (χ3n) is 4.47. The van der Waals surface area contributed by atoms with Crippen LogP contribution in [-0.4, -0.2) is 29.5 Å². The molecule has 3 N–H and O–H groups in total. The van der Waals surface area contributed by atoms with Gasteiger partial charge in [-0.3, -0.25) is 4.79 Å². The molecule has 0 aromatic rings. The third kappa shape index (κ3) is 3.64. The number of carbonyl (C=O) groups is 1. The van der Waals surface area contributed by atoms with Gasteiger partial charge in [-0.25, -0.2) is 0 Å². The Hall–Kier alpha value is -0.220. The molecule has 2 fully saturated rings. The van der Waals surface area contributed by atoms with Gasteiger partial charge in [0.1, 0.15) is 0 Å². The van der Waals surface area contributed by atoms with Gasteiger partial charge in [-0.15, -0.1) is 0 Å². The summed E-state index contributed by atoms with van der Waals surface area (Å²) in [6.07, 6.45) is 11.2. The molecule has 0 radical (unpaired) electrons. The molecule has 4 unspecified atom stereocenters. The molecular formula is C14H26N2OS. The lowest BCUT2D eigenvalue weighted by atomic mass is 9.94. The first-order chi connectivity index (χ1) is 8.70. The van der Waals surface area contributed by atoms with Crippen molar-refractivity contribution in [2.75, 3.05) is 6.26 Å². The largest absolute Gasteiger partial charge is 0.353 e. The minimum absolute atomic E-state index is 0.0563. The lowest BCUT2D eigenvalue weighted by molar-refractivity contribution is -0.126. The lowest BCUT2D eigenvalue weighted by Gasteiger charge is -2.23. The fraction of sp³-hybridized carbons (Fsp3) is 0.929. The number of amides is 1. The van der Waals surface area contributed by atoms with E-state index in [0.717, 1.165) is 37.4 Å². The molecule has 0 aromatic carbocycles. The Morgan fingerprint density at radius 3 is 2.67 bits per heavy atom. The normalized spacial score (nSPS) is 37.2. The van der Waals surface area contributed by atoms with Crippen molar-refractivity contribution >= 4 is 17.7 Å². The first kappa shape index (κ1) is 14.2. The summed E-state index contributed by atoms with van der Waals surface area (Å²) in [5.41, 5.74) is 6.14. The highest BCUT2D eigenvalue weighted by Crippen LogP contribution is 2.29. The van der Waals surface area contributed by atoms with Crippen molar-refractivity contribution in [3.8, 4) is 0 Å². The van der Waals surface area contributed by atoms with Crippen LogP contribution in [0.5, 0.6) is 0 Å². The van der Waals surface area contributed by atoms with Crippen molar-refractivity contribution in [1.82, 2.24) is 5.32 Å². The summed E-state index contributed by atoms with van der Waals surface area (Å²) in [4.78, 5) is 12.3. The Morgan fingerprint density at radius 2 is 1.94 bits per heavy atom. The fourth-order valence-electron chi connectivity index (χ4n) is 3.26. The number of nitrogens with one attached hydrogen (secondary N) is 1. The molecule has 0 bridgehead atoms. The number of nitrogens with two attached hydrogens (primary N) is 1. The van der Waals surface area contributed by atoms with Crippen molar-refractivity contribution in [3.05, 3.63) is 0 Å². The van der Waals surface area contributed by atoms with E-state index in [9.17, 15) is 4.79 Å². The zero-order valence-corrected chi connectivity index (χ0v) is 12.2. The minimum Gasteiger partial charge on any atom is -0.353 e. The molecule has 0 spiro atoms. The van der Waals surface area contributed by atoms with Gasteiger partial charge in [0.15, 0.2) is 0 Å². The summed E-state index contributed by atoms with van der Waals surface area (Å²) in [6, 6.07) is 0.468. The first-order valence-electron chi connectivity index (χ1n) is 7.29. The maximum Gasteiger partial charge on any atom is 0.224 e. The second-order valence-corrected chi connectivity index (χ2v) is 6.92. The van der Waals surface area contributed by atoms with E-state index in [1.54, 1.807) is 0 Å². The highest BCUT2D eigenvalue weighted by Gasteiger charge is 2.31. The molecule has 0 aromatic heterocycles. The maximum atomic E-state index is 12.3. The molecule has 104 valence electrons. The van der Waals surface area contributed by atoms with Crippen LogP contribution in [0, 0.1) is 5.92 Å². The molecule has 2 rings (SSSR count). The van der Waals surface area contributed by atoms with E-state index >= 15 is 0 Å². The van der Waals surface area contributed by atoms with Crippen LogP contribution < -0.4 is 11.1 Å². The summed E-state index contributed by atoms with van der Waals surface area (Å²) >= 11 is 1.93. The van der Waals surface area contributed by atoms with Gasteiger partial charge in [0, 0.05) is 17.3 Å². The van der Waals surface area contributed by atoms with Crippen LogP contribution in [0.2, 0.25) is 0 Å². The standard InChI is InChI=1S/C14H26N2OS/c1-18-11-8-7-10(9-11)16-14(17)12-5-3-2-4-6-13(12)15/h10-13H,2-9,15H2,1H3,(H,16,17). The lowest BCUT2D eigenvalue weighted by Crippen LogP contribution is -2.44. The molecule has 18 heavy (non-hydrogen) atoms. The molecule has 2 aliphatic rings. The van der Waals surface area contributed by atoms with E-state index in [-0.39, 0.29) is 17.9 Å². The van der Waals surface area contributed by atoms with E-state index in [2.05, 4.69) is 11.6 Å². The molecule has 4 atom stereocenters. The number of rotatable bonds is 3. The van der Waals surface area contributed by atoms with Gasteiger partial charge in [0.25, 0.3) is 0 Å². The van der Waals surface area contributed by atoms with Gasteiger partial charge in [-0.05, 0) is 38.4 Å². The van der Waals surface area contributed by atoms with Gasteiger partial charge in [0.2, 0.25) is 5.91 Å². The van der Waals surface area contributed by atoms with Crippen LogP contribution in [0.3, 0.4) is 0 Å². The highest BCUT2D eigenvalue weighted by atomic mass is 32.2. The average Bonchev–Trinajstić information content (AvgIpc) is 2.69. The van der Waals surface area contributed by atoms with Crippen LogP contribution in [0.15, 0.2) is 0 Å². The molecule has 3 nitrogen and oxygen atoms in total. The molecule has 0 saturated heterocycles. The summed E-state index contributed by atoms with van der Waals surface area (Å²) in [5, 5.41) is 3.97. The smallest absolute Gasteiger partial charge is 0.224 e. The van der Waals surface area contributed by atoms with Crippen molar-refractivity contribution in [3.63, 3.8) is 0 Å². The van der Waals surface area contributed by atoms with Crippen molar-refractivity contribution in [1.29, 1.82) is 0 Å². The Morgan fingerprint density at radius 1 is 1.17 bits per heavy atom. The maximum absolute atomic E-state index is 12.3. The Labute approximate surface area is 115 Å². The van der Waals surface area contributed by atoms with Crippen molar-refractivity contribution in [2.24, 2.45) is 11.7 Å². The topological polar surface area (TPSA) is 55.1 Å². The number of hydrogen-bond donors (Lipinski definition) is 2. The van der Waals surface area contributed by atoms with Gasteiger partial charge in [-0.1, -0.05) is 19.3 Å². The quantitative estimate of drug-likeness (QED) is 0.774. The van der Waals surface area contributed by atoms with E-state index < -0.39 is 0 Å². The van der Waals surface area contributed by atoms with Crippen molar-refractivity contribution < 1.29 is 4.79 Å². The first-order valence-corrected chi connectivity index (χ1v) is 8.58. The number of thioether (sulfide) groups is 1. The van der Waals surface area contributed by atoms with Crippen LogP contribution in [0.4, 0.5) is 0 Å². The Bertz CT molecular complexity index is 285. The summed E-state index contributed by atoms with van der Waals surface area (Å²) in [7, 11) is 0.